The molecule has 0 aromatic heterocycles. The first kappa shape index (κ1) is 17.2. The first-order chi connectivity index (χ1) is 9.99. The van der Waals surface area contributed by atoms with Gasteiger partial charge in [-0.1, -0.05) is 26.2 Å². The smallest absolute Gasteiger partial charge is 0.0940 e. The molecule has 1 unspecified atom stereocenters. The van der Waals surface area contributed by atoms with Gasteiger partial charge in [0.1, 0.15) is 0 Å². The van der Waals surface area contributed by atoms with Crippen LogP contribution in [-0.2, 0) is 4.74 Å². The number of nitrogens with one attached hydrogen (secondary N) is 1. The van der Waals surface area contributed by atoms with Crippen molar-refractivity contribution in [1.82, 2.24) is 10.2 Å². The van der Waals surface area contributed by atoms with Gasteiger partial charge in [-0.15, -0.1) is 0 Å². The Bertz CT molecular complexity index is 314. The summed E-state index contributed by atoms with van der Waals surface area (Å²) in [6.45, 7) is 11.8. The van der Waals surface area contributed by atoms with E-state index in [1.807, 2.05) is 0 Å². The summed E-state index contributed by atoms with van der Waals surface area (Å²) in [7, 11) is 0. The van der Waals surface area contributed by atoms with Gasteiger partial charge in [-0.05, 0) is 38.6 Å². The third-order valence-corrected chi connectivity index (χ3v) is 4.98. The van der Waals surface area contributed by atoms with Crippen LogP contribution in [0.4, 0.5) is 0 Å². The Hall–Kier alpha value is -0.160. The number of rotatable bonds is 6. The van der Waals surface area contributed by atoms with Crippen LogP contribution in [0.15, 0.2) is 0 Å². The van der Waals surface area contributed by atoms with E-state index in [9.17, 15) is 5.11 Å². The maximum absolute atomic E-state index is 9.49. The Labute approximate surface area is 130 Å². The maximum atomic E-state index is 9.49. The molecule has 1 aliphatic heterocycles. The van der Waals surface area contributed by atoms with Gasteiger partial charge < -0.3 is 15.2 Å². The highest BCUT2D eigenvalue weighted by molar-refractivity contribution is 4.92. The summed E-state index contributed by atoms with van der Waals surface area (Å²) in [5.74, 6) is 0. The zero-order chi connectivity index (χ0) is 15.3. The molecule has 1 aliphatic carbocycles. The summed E-state index contributed by atoms with van der Waals surface area (Å²) in [5.41, 5.74) is 0.265. The molecular formula is C17H34N2O2. The van der Waals surface area contributed by atoms with Gasteiger partial charge in [0.25, 0.3) is 0 Å². The van der Waals surface area contributed by atoms with Crippen LogP contribution in [0.5, 0.6) is 0 Å². The lowest BCUT2D eigenvalue weighted by atomic mass is 9.73. The first-order valence-corrected chi connectivity index (χ1v) is 8.70. The Morgan fingerprint density at radius 1 is 1.24 bits per heavy atom. The number of aliphatic hydroxyl groups excluding tert-OH is 1. The van der Waals surface area contributed by atoms with Gasteiger partial charge in [-0.2, -0.15) is 0 Å². The summed E-state index contributed by atoms with van der Waals surface area (Å²) in [4.78, 5) is 2.53. The fourth-order valence-electron chi connectivity index (χ4n) is 4.19. The van der Waals surface area contributed by atoms with E-state index in [1.54, 1.807) is 0 Å². The van der Waals surface area contributed by atoms with E-state index in [1.165, 1.54) is 32.1 Å². The number of aliphatic hydroxyl groups is 1. The van der Waals surface area contributed by atoms with Gasteiger partial charge >= 0.3 is 0 Å². The SMILES string of the molecule is CCNCC1(CN2CC(CO)OC(C)(C)C2)CCCCC1. The fourth-order valence-corrected chi connectivity index (χ4v) is 4.19. The standard InChI is InChI=1S/C17H34N2O2/c1-4-18-12-17(8-6-5-7-9-17)14-19-10-15(11-20)21-16(2,3)13-19/h15,18,20H,4-14H2,1-3H3. The number of hydrogen-bond donors (Lipinski definition) is 2. The Kier molecular flexibility index (Phi) is 6.06. The largest absolute Gasteiger partial charge is 0.394 e. The highest BCUT2D eigenvalue weighted by atomic mass is 16.5. The van der Waals surface area contributed by atoms with Crippen molar-refractivity contribution < 1.29 is 9.84 Å². The molecule has 0 amide bonds. The minimum atomic E-state index is -0.153. The number of nitrogens with zero attached hydrogens (tertiary/aromatic N) is 1. The molecular weight excluding hydrogens is 264 g/mol. The van der Waals surface area contributed by atoms with Gasteiger partial charge in [0, 0.05) is 26.2 Å². The van der Waals surface area contributed by atoms with E-state index in [-0.39, 0.29) is 18.3 Å². The second-order valence-electron chi connectivity index (χ2n) is 7.69. The molecule has 2 aliphatic rings. The molecule has 0 bridgehead atoms. The van der Waals surface area contributed by atoms with Crippen molar-refractivity contribution in [1.29, 1.82) is 0 Å². The molecule has 0 spiro atoms. The van der Waals surface area contributed by atoms with Crippen molar-refractivity contribution in [3.05, 3.63) is 0 Å². The van der Waals surface area contributed by atoms with Crippen molar-refractivity contribution >= 4 is 0 Å². The van der Waals surface area contributed by atoms with Crippen LogP contribution in [-0.4, -0.2) is 61.0 Å². The molecule has 1 heterocycles. The fraction of sp³-hybridized carbons (Fsp3) is 1.00. The number of ether oxygens (including phenoxy) is 1. The molecule has 4 nitrogen and oxygen atoms in total. The van der Waals surface area contributed by atoms with E-state index in [0.29, 0.717) is 5.41 Å². The lowest BCUT2D eigenvalue weighted by Gasteiger charge is -2.47. The summed E-state index contributed by atoms with van der Waals surface area (Å²) in [6.07, 6.45) is 6.75. The molecule has 2 rings (SSSR count). The summed E-state index contributed by atoms with van der Waals surface area (Å²) >= 11 is 0. The lowest BCUT2D eigenvalue weighted by molar-refractivity contribution is -0.155. The molecule has 0 aromatic carbocycles. The van der Waals surface area contributed by atoms with Crippen molar-refractivity contribution in [2.45, 2.75) is 64.6 Å². The molecule has 1 saturated heterocycles. The van der Waals surface area contributed by atoms with Gasteiger partial charge in [-0.3, -0.25) is 4.90 Å². The summed E-state index contributed by atoms with van der Waals surface area (Å²) in [6, 6.07) is 0. The normalized spacial score (nSPS) is 29.4. The second-order valence-corrected chi connectivity index (χ2v) is 7.69. The van der Waals surface area contributed by atoms with Crippen LogP contribution >= 0.6 is 0 Å². The zero-order valence-electron chi connectivity index (χ0n) is 14.2. The minimum absolute atomic E-state index is 0.0338. The number of morpholine rings is 1. The molecule has 0 radical (unpaired) electrons. The summed E-state index contributed by atoms with van der Waals surface area (Å²) < 4.78 is 5.95. The van der Waals surface area contributed by atoms with E-state index in [0.717, 1.165) is 32.7 Å². The van der Waals surface area contributed by atoms with Crippen molar-refractivity contribution in [3.63, 3.8) is 0 Å². The molecule has 1 saturated carbocycles. The van der Waals surface area contributed by atoms with E-state index < -0.39 is 0 Å². The third kappa shape index (κ3) is 4.92. The van der Waals surface area contributed by atoms with Crippen LogP contribution in [0.1, 0.15) is 52.9 Å². The molecule has 21 heavy (non-hydrogen) atoms. The molecule has 2 N–H and O–H groups in total. The number of hydrogen-bond acceptors (Lipinski definition) is 4. The molecule has 4 heteroatoms. The minimum Gasteiger partial charge on any atom is -0.394 e. The molecule has 1 atom stereocenters. The van der Waals surface area contributed by atoms with E-state index >= 15 is 0 Å². The third-order valence-electron chi connectivity index (χ3n) is 4.98. The zero-order valence-corrected chi connectivity index (χ0v) is 14.2. The predicted octanol–water partition coefficient (Wildman–Crippen LogP) is 2.02. The van der Waals surface area contributed by atoms with Gasteiger partial charge in [0.15, 0.2) is 0 Å². The van der Waals surface area contributed by atoms with Crippen molar-refractivity contribution in [2.24, 2.45) is 5.41 Å². The average Bonchev–Trinajstić information content (AvgIpc) is 2.44. The van der Waals surface area contributed by atoms with Gasteiger partial charge in [0.05, 0.1) is 18.3 Å². The Morgan fingerprint density at radius 3 is 2.57 bits per heavy atom. The van der Waals surface area contributed by atoms with Crippen LogP contribution in [0.25, 0.3) is 0 Å². The maximum Gasteiger partial charge on any atom is 0.0940 e. The monoisotopic (exact) mass is 298 g/mol. The van der Waals surface area contributed by atoms with Crippen molar-refractivity contribution in [3.8, 4) is 0 Å². The Balaban J connectivity index is 2.01. The van der Waals surface area contributed by atoms with E-state index in [4.69, 9.17) is 4.74 Å². The van der Waals surface area contributed by atoms with Gasteiger partial charge in [-0.25, -0.2) is 0 Å². The summed E-state index contributed by atoms with van der Waals surface area (Å²) in [5, 5.41) is 13.1. The molecule has 0 aromatic rings. The predicted molar refractivity (Wildman–Crippen MR) is 86.5 cm³/mol. The second kappa shape index (κ2) is 7.40. The highest BCUT2D eigenvalue weighted by Gasteiger charge is 2.39. The highest BCUT2D eigenvalue weighted by Crippen LogP contribution is 2.37. The lowest BCUT2D eigenvalue weighted by Crippen LogP contribution is -2.57. The van der Waals surface area contributed by atoms with Crippen LogP contribution in [0, 0.1) is 5.41 Å². The average molecular weight is 298 g/mol. The van der Waals surface area contributed by atoms with Crippen molar-refractivity contribution in [2.75, 3.05) is 39.3 Å². The van der Waals surface area contributed by atoms with Crippen LogP contribution < -0.4 is 5.32 Å². The van der Waals surface area contributed by atoms with Gasteiger partial charge in [0.2, 0.25) is 0 Å². The topological polar surface area (TPSA) is 44.7 Å². The van der Waals surface area contributed by atoms with Crippen LogP contribution in [0.3, 0.4) is 0 Å². The van der Waals surface area contributed by atoms with E-state index in [2.05, 4.69) is 31.0 Å². The quantitative estimate of drug-likeness (QED) is 0.787. The first-order valence-electron chi connectivity index (χ1n) is 8.70. The van der Waals surface area contributed by atoms with Crippen LogP contribution in [0.2, 0.25) is 0 Å². The molecule has 2 fully saturated rings. The Morgan fingerprint density at radius 2 is 1.95 bits per heavy atom. The molecule has 124 valence electrons.